The van der Waals surface area contributed by atoms with E-state index in [1.54, 1.807) is 25.3 Å². The molecule has 0 saturated heterocycles. The normalized spacial score (nSPS) is 10.7. The van der Waals surface area contributed by atoms with Crippen molar-refractivity contribution < 1.29 is 24.1 Å². The van der Waals surface area contributed by atoms with Crippen molar-refractivity contribution in [2.45, 2.75) is 13.8 Å². The zero-order valence-corrected chi connectivity index (χ0v) is 14.6. The molecular weight excluding hydrogens is 320 g/mol. The van der Waals surface area contributed by atoms with Gasteiger partial charge in [-0.05, 0) is 60.9 Å². The third kappa shape index (κ3) is 5.57. The molecule has 0 bridgehead atoms. The molecule has 0 spiro atoms. The van der Waals surface area contributed by atoms with Crippen molar-refractivity contribution in [3.8, 4) is 17.2 Å². The number of hydrogen-bond donors (Lipinski definition) is 1. The highest BCUT2D eigenvalue weighted by atomic mass is 16.5. The van der Waals surface area contributed by atoms with Gasteiger partial charge in [0.2, 0.25) is 0 Å². The molecule has 5 nitrogen and oxygen atoms in total. The standard InChI is InChI=1S/C20H22O5/c1-14-4-7-17(12-15(14)2)24-10-11-25-19-13-16(6-9-20(21)22)5-8-18(19)23-3/h4-9,12-13H,10-11H2,1-3H3,(H,21,22). The molecule has 25 heavy (non-hydrogen) atoms. The van der Waals surface area contributed by atoms with Crippen LogP contribution < -0.4 is 14.2 Å². The summed E-state index contributed by atoms with van der Waals surface area (Å²) in [6.45, 7) is 4.83. The van der Waals surface area contributed by atoms with Crippen molar-refractivity contribution in [1.82, 2.24) is 0 Å². The van der Waals surface area contributed by atoms with Crippen LogP contribution in [0.5, 0.6) is 17.2 Å². The molecule has 0 aromatic heterocycles. The Balaban J connectivity index is 1.95. The first-order chi connectivity index (χ1) is 12.0. The van der Waals surface area contributed by atoms with E-state index in [0.717, 1.165) is 11.8 Å². The quantitative estimate of drug-likeness (QED) is 0.583. The molecule has 5 heteroatoms. The Kier molecular flexibility index (Phi) is 6.46. The number of rotatable bonds is 8. The monoisotopic (exact) mass is 342 g/mol. The van der Waals surface area contributed by atoms with Crippen LogP contribution in [0.25, 0.3) is 6.08 Å². The number of carboxylic acid groups (broad SMARTS) is 1. The van der Waals surface area contributed by atoms with Gasteiger partial charge in [-0.3, -0.25) is 0 Å². The Morgan fingerprint density at radius 3 is 2.44 bits per heavy atom. The van der Waals surface area contributed by atoms with Crippen molar-refractivity contribution in [1.29, 1.82) is 0 Å². The maximum atomic E-state index is 10.6. The van der Waals surface area contributed by atoms with Crippen LogP contribution in [0, 0.1) is 13.8 Å². The summed E-state index contributed by atoms with van der Waals surface area (Å²) in [5, 5.41) is 8.70. The number of hydrogen-bond acceptors (Lipinski definition) is 4. The molecule has 0 unspecified atom stereocenters. The third-order valence-electron chi connectivity index (χ3n) is 3.69. The van der Waals surface area contributed by atoms with Crippen molar-refractivity contribution in [2.75, 3.05) is 20.3 Å². The van der Waals surface area contributed by atoms with E-state index in [1.165, 1.54) is 17.2 Å². The predicted octanol–water partition coefficient (Wildman–Crippen LogP) is 3.87. The van der Waals surface area contributed by atoms with Crippen LogP contribution in [-0.2, 0) is 4.79 Å². The van der Waals surface area contributed by atoms with Crippen LogP contribution in [-0.4, -0.2) is 31.4 Å². The average Bonchev–Trinajstić information content (AvgIpc) is 2.60. The first-order valence-corrected chi connectivity index (χ1v) is 7.91. The molecular formula is C20H22O5. The Morgan fingerprint density at radius 1 is 1.00 bits per heavy atom. The lowest BCUT2D eigenvalue weighted by atomic mass is 10.1. The van der Waals surface area contributed by atoms with E-state index in [2.05, 4.69) is 6.92 Å². The topological polar surface area (TPSA) is 65.0 Å². The van der Waals surface area contributed by atoms with Gasteiger partial charge in [0, 0.05) is 6.08 Å². The highest BCUT2D eigenvalue weighted by molar-refractivity contribution is 5.85. The van der Waals surface area contributed by atoms with E-state index in [9.17, 15) is 4.79 Å². The van der Waals surface area contributed by atoms with Gasteiger partial charge in [0.1, 0.15) is 19.0 Å². The molecule has 2 aromatic carbocycles. The summed E-state index contributed by atoms with van der Waals surface area (Å²) in [4.78, 5) is 10.6. The van der Waals surface area contributed by atoms with Gasteiger partial charge in [0.15, 0.2) is 11.5 Å². The van der Waals surface area contributed by atoms with E-state index < -0.39 is 5.97 Å². The second-order valence-corrected chi connectivity index (χ2v) is 5.52. The molecule has 0 atom stereocenters. The fraction of sp³-hybridized carbons (Fsp3) is 0.250. The Labute approximate surface area is 147 Å². The van der Waals surface area contributed by atoms with Gasteiger partial charge in [0.25, 0.3) is 0 Å². The van der Waals surface area contributed by atoms with E-state index in [4.69, 9.17) is 19.3 Å². The third-order valence-corrected chi connectivity index (χ3v) is 3.69. The summed E-state index contributed by atoms with van der Waals surface area (Å²) < 4.78 is 16.7. The first-order valence-electron chi connectivity index (χ1n) is 7.91. The Bertz CT molecular complexity index is 765. The second-order valence-electron chi connectivity index (χ2n) is 5.52. The Hall–Kier alpha value is -2.95. The SMILES string of the molecule is COc1ccc(C=CC(=O)O)cc1OCCOc1ccc(C)c(C)c1. The van der Waals surface area contributed by atoms with Crippen LogP contribution in [0.2, 0.25) is 0 Å². The molecule has 2 aromatic rings. The molecule has 0 saturated carbocycles. The highest BCUT2D eigenvalue weighted by Crippen LogP contribution is 2.28. The van der Waals surface area contributed by atoms with E-state index in [1.807, 2.05) is 25.1 Å². The summed E-state index contributed by atoms with van der Waals surface area (Å²) in [6.07, 6.45) is 2.58. The summed E-state index contributed by atoms with van der Waals surface area (Å²) in [6, 6.07) is 11.2. The minimum atomic E-state index is -1.000. The van der Waals surface area contributed by atoms with Crippen molar-refractivity contribution in [3.05, 3.63) is 59.2 Å². The molecule has 2 rings (SSSR count). The largest absolute Gasteiger partial charge is 0.493 e. The van der Waals surface area contributed by atoms with Gasteiger partial charge in [-0.1, -0.05) is 12.1 Å². The lowest BCUT2D eigenvalue weighted by Crippen LogP contribution is -2.09. The van der Waals surface area contributed by atoms with Crippen molar-refractivity contribution >= 4 is 12.0 Å². The number of aliphatic carboxylic acids is 1. The van der Waals surface area contributed by atoms with Gasteiger partial charge < -0.3 is 19.3 Å². The molecule has 0 amide bonds. The molecule has 0 fully saturated rings. The summed E-state index contributed by atoms with van der Waals surface area (Å²) >= 11 is 0. The summed E-state index contributed by atoms with van der Waals surface area (Å²) in [5.74, 6) is 0.925. The molecule has 132 valence electrons. The lowest BCUT2D eigenvalue weighted by Gasteiger charge is -2.12. The molecule has 0 radical (unpaired) electrons. The van der Waals surface area contributed by atoms with Gasteiger partial charge in [-0.15, -0.1) is 0 Å². The number of methoxy groups -OCH3 is 1. The number of aryl methyl sites for hydroxylation is 2. The lowest BCUT2D eigenvalue weighted by molar-refractivity contribution is -0.131. The summed E-state index contributed by atoms with van der Waals surface area (Å²) in [7, 11) is 1.56. The van der Waals surface area contributed by atoms with E-state index >= 15 is 0 Å². The predicted molar refractivity (Wildman–Crippen MR) is 96.6 cm³/mol. The molecule has 0 heterocycles. The highest BCUT2D eigenvalue weighted by Gasteiger charge is 2.05. The van der Waals surface area contributed by atoms with Gasteiger partial charge in [-0.2, -0.15) is 0 Å². The van der Waals surface area contributed by atoms with Crippen LogP contribution in [0.3, 0.4) is 0 Å². The van der Waals surface area contributed by atoms with Gasteiger partial charge in [0.05, 0.1) is 7.11 Å². The van der Waals surface area contributed by atoms with Crippen LogP contribution in [0.1, 0.15) is 16.7 Å². The Morgan fingerprint density at radius 2 is 1.76 bits per heavy atom. The minimum Gasteiger partial charge on any atom is -0.493 e. The number of carbonyl (C=O) groups is 1. The average molecular weight is 342 g/mol. The van der Waals surface area contributed by atoms with Crippen molar-refractivity contribution in [2.24, 2.45) is 0 Å². The minimum absolute atomic E-state index is 0.343. The first kappa shape index (κ1) is 18.4. The molecule has 0 aliphatic carbocycles. The van der Waals surface area contributed by atoms with Crippen molar-refractivity contribution in [3.63, 3.8) is 0 Å². The van der Waals surface area contributed by atoms with E-state index in [-0.39, 0.29) is 0 Å². The fourth-order valence-electron chi connectivity index (χ4n) is 2.19. The number of carboxylic acids is 1. The van der Waals surface area contributed by atoms with Crippen LogP contribution >= 0.6 is 0 Å². The van der Waals surface area contributed by atoms with Gasteiger partial charge in [-0.25, -0.2) is 4.79 Å². The number of benzene rings is 2. The molecule has 0 aliphatic heterocycles. The van der Waals surface area contributed by atoms with E-state index in [0.29, 0.717) is 30.3 Å². The summed E-state index contributed by atoms with van der Waals surface area (Å²) in [5.41, 5.74) is 3.12. The van der Waals surface area contributed by atoms with Crippen LogP contribution in [0.15, 0.2) is 42.5 Å². The second kappa shape index (κ2) is 8.78. The fourth-order valence-corrected chi connectivity index (χ4v) is 2.19. The zero-order valence-electron chi connectivity index (χ0n) is 14.6. The van der Waals surface area contributed by atoms with Crippen LogP contribution in [0.4, 0.5) is 0 Å². The maximum absolute atomic E-state index is 10.6. The molecule has 1 N–H and O–H groups in total. The smallest absolute Gasteiger partial charge is 0.328 e. The maximum Gasteiger partial charge on any atom is 0.328 e. The zero-order chi connectivity index (χ0) is 18.2. The number of ether oxygens (including phenoxy) is 3. The van der Waals surface area contributed by atoms with Gasteiger partial charge >= 0.3 is 5.97 Å². The molecule has 0 aliphatic rings.